The Kier molecular flexibility index (Phi) is 7.01. The first kappa shape index (κ1) is 23.4. The fourth-order valence-electron chi connectivity index (χ4n) is 4.14. The average Bonchev–Trinajstić information content (AvgIpc) is 3.35. The predicted molar refractivity (Wildman–Crippen MR) is 123 cm³/mol. The van der Waals surface area contributed by atoms with Gasteiger partial charge in [-0.05, 0) is 60.4 Å². The number of nitrogens with zero attached hydrogens (tertiary/aromatic N) is 2. The normalized spacial score (nSPS) is 17.8. The quantitative estimate of drug-likeness (QED) is 0.629. The highest BCUT2D eigenvalue weighted by molar-refractivity contribution is 7.91. The number of hydrogen-bond donors (Lipinski definition) is 1. The van der Waals surface area contributed by atoms with Gasteiger partial charge in [-0.2, -0.15) is 4.31 Å². The van der Waals surface area contributed by atoms with E-state index in [1.807, 2.05) is 6.07 Å². The SMILES string of the molecule is O=C(CCNS(=O)(=O)c1cccs1)N1CCN(S(=O)(=O)c2ccc3c(c2)CCCC3)CC1. The number of rotatable bonds is 7. The van der Waals surface area contributed by atoms with Crippen molar-refractivity contribution >= 4 is 37.3 Å². The second kappa shape index (κ2) is 9.60. The minimum Gasteiger partial charge on any atom is -0.340 e. The molecular weight excluding hydrogens is 470 g/mol. The molecule has 1 N–H and O–H groups in total. The summed E-state index contributed by atoms with van der Waals surface area (Å²) in [4.78, 5) is 14.4. The van der Waals surface area contributed by atoms with Gasteiger partial charge in [0.1, 0.15) is 4.21 Å². The monoisotopic (exact) mass is 497 g/mol. The maximum absolute atomic E-state index is 13.1. The van der Waals surface area contributed by atoms with E-state index in [-0.39, 0.29) is 36.2 Å². The summed E-state index contributed by atoms with van der Waals surface area (Å²) in [5.74, 6) is -0.190. The minimum absolute atomic E-state index is 0.00665. The van der Waals surface area contributed by atoms with Crippen molar-refractivity contribution in [1.82, 2.24) is 13.9 Å². The highest BCUT2D eigenvalue weighted by atomic mass is 32.2. The zero-order valence-corrected chi connectivity index (χ0v) is 20.1. The number of carbonyl (C=O) groups is 1. The van der Waals surface area contributed by atoms with Crippen molar-refractivity contribution in [3.8, 4) is 0 Å². The molecule has 1 aromatic carbocycles. The zero-order chi connectivity index (χ0) is 22.8. The molecule has 1 aromatic heterocycles. The Bertz CT molecular complexity index is 1170. The van der Waals surface area contributed by atoms with Gasteiger partial charge >= 0.3 is 0 Å². The number of amides is 1. The van der Waals surface area contributed by atoms with E-state index in [1.165, 1.54) is 15.9 Å². The van der Waals surface area contributed by atoms with Crippen LogP contribution in [0.2, 0.25) is 0 Å². The molecule has 0 saturated carbocycles. The fraction of sp³-hybridized carbons (Fsp3) is 0.476. The molecule has 2 aromatic rings. The molecule has 2 heterocycles. The van der Waals surface area contributed by atoms with E-state index in [4.69, 9.17) is 0 Å². The second-order valence-corrected chi connectivity index (χ2v) is 12.9. The lowest BCUT2D eigenvalue weighted by atomic mass is 9.92. The highest BCUT2D eigenvalue weighted by Gasteiger charge is 2.30. The molecule has 174 valence electrons. The van der Waals surface area contributed by atoms with Gasteiger partial charge in [0.15, 0.2) is 0 Å². The second-order valence-electron chi connectivity index (χ2n) is 8.00. The first-order chi connectivity index (χ1) is 15.3. The van der Waals surface area contributed by atoms with E-state index in [2.05, 4.69) is 4.72 Å². The van der Waals surface area contributed by atoms with E-state index < -0.39 is 20.0 Å². The molecule has 0 radical (unpaired) electrons. The summed E-state index contributed by atoms with van der Waals surface area (Å²) >= 11 is 1.12. The van der Waals surface area contributed by atoms with Gasteiger partial charge in [-0.1, -0.05) is 12.1 Å². The molecule has 1 fully saturated rings. The number of piperazine rings is 1. The zero-order valence-electron chi connectivity index (χ0n) is 17.7. The van der Waals surface area contributed by atoms with Gasteiger partial charge < -0.3 is 4.90 Å². The molecule has 0 unspecified atom stereocenters. The van der Waals surface area contributed by atoms with Crippen LogP contribution in [-0.4, -0.2) is 64.7 Å². The van der Waals surface area contributed by atoms with Crippen molar-refractivity contribution in [2.75, 3.05) is 32.7 Å². The summed E-state index contributed by atoms with van der Waals surface area (Å²) in [6.07, 6.45) is 4.17. The average molecular weight is 498 g/mol. The molecule has 11 heteroatoms. The van der Waals surface area contributed by atoms with E-state index in [0.29, 0.717) is 18.0 Å². The Morgan fingerprint density at radius 2 is 1.69 bits per heavy atom. The van der Waals surface area contributed by atoms with Crippen LogP contribution >= 0.6 is 11.3 Å². The van der Waals surface area contributed by atoms with Crippen molar-refractivity contribution in [2.24, 2.45) is 0 Å². The Hall–Kier alpha value is -1.79. The first-order valence-corrected chi connectivity index (χ1v) is 14.5. The fourth-order valence-corrected chi connectivity index (χ4v) is 7.68. The number of sulfonamides is 2. The third-order valence-electron chi connectivity index (χ3n) is 5.94. The summed E-state index contributed by atoms with van der Waals surface area (Å²) in [6.45, 7) is 1.05. The van der Waals surface area contributed by atoms with Crippen LogP contribution in [0.15, 0.2) is 44.8 Å². The molecule has 0 spiro atoms. The van der Waals surface area contributed by atoms with Crippen molar-refractivity contribution in [2.45, 2.75) is 41.2 Å². The van der Waals surface area contributed by atoms with Crippen LogP contribution in [0.1, 0.15) is 30.4 Å². The topological polar surface area (TPSA) is 104 Å². The van der Waals surface area contributed by atoms with E-state index in [1.54, 1.807) is 28.5 Å². The third kappa shape index (κ3) is 5.07. The highest BCUT2D eigenvalue weighted by Crippen LogP contribution is 2.26. The van der Waals surface area contributed by atoms with Crippen LogP contribution in [-0.2, 0) is 37.7 Å². The van der Waals surface area contributed by atoms with Crippen molar-refractivity contribution in [3.63, 3.8) is 0 Å². The first-order valence-electron chi connectivity index (χ1n) is 10.7. The smallest absolute Gasteiger partial charge is 0.250 e. The number of aryl methyl sites for hydroxylation is 2. The predicted octanol–water partition coefficient (Wildman–Crippen LogP) is 1.83. The Morgan fingerprint density at radius 3 is 2.38 bits per heavy atom. The number of nitrogens with one attached hydrogen (secondary N) is 1. The molecule has 1 aliphatic heterocycles. The third-order valence-corrected chi connectivity index (χ3v) is 10.7. The summed E-state index contributed by atoms with van der Waals surface area (Å²) in [5, 5.41) is 1.68. The molecule has 0 bridgehead atoms. The molecule has 8 nitrogen and oxygen atoms in total. The largest absolute Gasteiger partial charge is 0.340 e. The van der Waals surface area contributed by atoms with Crippen LogP contribution in [0.25, 0.3) is 0 Å². The number of thiophene rings is 1. The van der Waals surface area contributed by atoms with Gasteiger partial charge in [-0.15, -0.1) is 11.3 Å². The molecule has 1 aliphatic carbocycles. The molecule has 1 amide bonds. The van der Waals surface area contributed by atoms with Crippen LogP contribution in [0.4, 0.5) is 0 Å². The maximum atomic E-state index is 13.1. The number of fused-ring (bicyclic) bond motifs is 1. The van der Waals surface area contributed by atoms with Crippen LogP contribution in [0, 0.1) is 0 Å². The summed E-state index contributed by atoms with van der Waals surface area (Å²) in [5.41, 5.74) is 2.36. The standard InChI is InChI=1S/C21H27N3O5S3/c25-20(9-10-22-31(26,27)21-6-3-15-30-21)23-11-13-24(14-12-23)32(28,29)19-8-7-17-4-1-2-5-18(17)16-19/h3,6-8,15-16,22H,1-2,4-5,9-14H2. The Balaban J connectivity index is 1.30. The number of hydrogen-bond acceptors (Lipinski definition) is 6. The van der Waals surface area contributed by atoms with Crippen LogP contribution in [0.5, 0.6) is 0 Å². The molecule has 1 saturated heterocycles. The van der Waals surface area contributed by atoms with Crippen molar-refractivity contribution < 1.29 is 21.6 Å². The number of benzene rings is 1. The van der Waals surface area contributed by atoms with Gasteiger partial charge in [0, 0.05) is 39.1 Å². The van der Waals surface area contributed by atoms with Gasteiger partial charge in [-0.3, -0.25) is 4.79 Å². The van der Waals surface area contributed by atoms with E-state index >= 15 is 0 Å². The molecule has 32 heavy (non-hydrogen) atoms. The lowest BCUT2D eigenvalue weighted by Crippen LogP contribution is -2.50. The number of carbonyl (C=O) groups excluding carboxylic acids is 1. The van der Waals surface area contributed by atoms with Crippen LogP contribution < -0.4 is 4.72 Å². The maximum Gasteiger partial charge on any atom is 0.250 e. The minimum atomic E-state index is -3.60. The molecule has 2 aliphatic rings. The van der Waals surface area contributed by atoms with Gasteiger partial charge in [-0.25, -0.2) is 21.6 Å². The van der Waals surface area contributed by atoms with Gasteiger partial charge in [0.25, 0.3) is 0 Å². The molecule has 0 atom stereocenters. The van der Waals surface area contributed by atoms with E-state index in [0.717, 1.165) is 42.6 Å². The van der Waals surface area contributed by atoms with E-state index in [9.17, 15) is 21.6 Å². The molecular formula is C21H27N3O5S3. The van der Waals surface area contributed by atoms with Crippen molar-refractivity contribution in [3.05, 3.63) is 46.8 Å². The Morgan fingerprint density at radius 1 is 0.969 bits per heavy atom. The summed E-state index contributed by atoms with van der Waals surface area (Å²) in [6, 6.07) is 8.59. The summed E-state index contributed by atoms with van der Waals surface area (Å²) in [7, 11) is -7.20. The Labute approximate surface area is 193 Å². The lowest BCUT2D eigenvalue weighted by Gasteiger charge is -2.34. The van der Waals surface area contributed by atoms with Crippen LogP contribution in [0.3, 0.4) is 0 Å². The summed E-state index contributed by atoms with van der Waals surface area (Å²) < 4.78 is 54.5. The molecule has 4 rings (SSSR count). The lowest BCUT2D eigenvalue weighted by molar-refractivity contribution is -0.132. The van der Waals surface area contributed by atoms with Crippen molar-refractivity contribution in [1.29, 1.82) is 0 Å². The van der Waals surface area contributed by atoms with Gasteiger partial charge in [0.05, 0.1) is 4.90 Å². The van der Waals surface area contributed by atoms with Gasteiger partial charge in [0.2, 0.25) is 26.0 Å².